The van der Waals surface area contributed by atoms with Crippen molar-refractivity contribution >= 4 is 11.8 Å². The Morgan fingerprint density at radius 3 is 2.35 bits per heavy atom. The van der Waals surface area contributed by atoms with Crippen molar-refractivity contribution in [3.05, 3.63) is 0 Å². The van der Waals surface area contributed by atoms with Gasteiger partial charge in [-0.15, -0.1) is 0 Å². The number of nitrogens with one attached hydrogen (secondary N) is 1. The molecule has 2 aliphatic rings. The maximum absolute atomic E-state index is 12.9. The second-order valence-electron chi connectivity index (χ2n) is 6.54. The number of hydrogen-bond donors (Lipinski definition) is 1. The van der Waals surface area contributed by atoms with Gasteiger partial charge in [0.15, 0.2) is 0 Å². The largest absolute Gasteiger partial charge is 0.340 e. The minimum Gasteiger partial charge on any atom is -0.340 e. The van der Waals surface area contributed by atoms with Crippen LogP contribution in [0.25, 0.3) is 0 Å². The highest BCUT2D eigenvalue weighted by Crippen LogP contribution is 2.39. The lowest BCUT2D eigenvalue weighted by atomic mass is 9.75. The molecule has 2 amide bonds. The molecule has 20 heavy (non-hydrogen) atoms. The highest BCUT2D eigenvalue weighted by Gasteiger charge is 2.55. The van der Waals surface area contributed by atoms with Gasteiger partial charge in [0.1, 0.15) is 11.1 Å². The molecular weight excluding hydrogens is 252 g/mol. The average Bonchev–Trinajstić information content (AvgIpc) is 2.46. The first-order valence-electron chi connectivity index (χ1n) is 8.15. The Kier molecular flexibility index (Phi) is 4.40. The van der Waals surface area contributed by atoms with Gasteiger partial charge in [0, 0.05) is 6.54 Å². The van der Waals surface area contributed by atoms with Gasteiger partial charge in [0.25, 0.3) is 0 Å². The molecule has 1 spiro atoms. The summed E-state index contributed by atoms with van der Waals surface area (Å²) in [5.74, 6) is 0.201. The number of carbonyl (C=O) groups excluding carboxylic acids is 2. The molecule has 0 radical (unpaired) electrons. The van der Waals surface area contributed by atoms with Gasteiger partial charge in [0.2, 0.25) is 11.8 Å². The van der Waals surface area contributed by atoms with Crippen molar-refractivity contribution in [2.75, 3.05) is 6.54 Å². The third-order valence-corrected chi connectivity index (χ3v) is 5.17. The summed E-state index contributed by atoms with van der Waals surface area (Å²) in [5.41, 5.74) is -1.27. The van der Waals surface area contributed by atoms with E-state index in [4.69, 9.17) is 0 Å². The standard InChI is InChI=1S/C16H28N2O2/c1-4-6-12-18-14(20)15(3,5-2)17-13(19)16(18)10-8-7-9-11-16/h4-12H2,1-3H3,(H,17,19). The van der Waals surface area contributed by atoms with Gasteiger partial charge in [-0.1, -0.05) is 39.5 Å². The molecular formula is C16H28N2O2. The Morgan fingerprint density at radius 2 is 1.80 bits per heavy atom. The van der Waals surface area contributed by atoms with E-state index in [9.17, 15) is 9.59 Å². The molecule has 0 aromatic rings. The molecule has 0 aromatic heterocycles. The molecule has 1 heterocycles. The van der Waals surface area contributed by atoms with E-state index in [2.05, 4.69) is 12.2 Å². The topological polar surface area (TPSA) is 49.4 Å². The highest BCUT2D eigenvalue weighted by atomic mass is 16.2. The number of unbranched alkanes of at least 4 members (excludes halogenated alkanes) is 1. The quantitative estimate of drug-likeness (QED) is 0.860. The number of hydrogen-bond acceptors (Lipinski definition) is 2. The molecule has 114 valence electrons. The van der Waals surface area contributed by atoms with Gasteiger partial charge in [-0.05, 0) is 32.6 Å². The molecule has 4 nitrogen and oxygen atoms in total. The van der Waals surface area contributed by atoms with Gasteiger partial charge < -0.3 is 10.2 Å². The van der Waals surface area contributed by atoms with E-state index >= 15 is 0 Å². The van der Waals surface area contributed by atoms with Gasteiger partial charge in [-0.3, -0.25) is 9.59 Å². The van der Waals surface area contributed by atoms with Crippen LogP contribution < -0.4 is 5.32 Å². The fourth-order valence-corrected chi connectivity index (χ4v) is 3.54. The van der Waals surface area contributed by atoms with Crippen LogP contribution in [-0.2, 0) is 9.59 Å². The van der Waals surface area contributed by atoms with Gasteiger partial charge in [-0.25, -0.2) is 0 Å². The van der Waals surface area contributed by atoms with Crippen molar-refractivity contribution in [2.45, 2.75) is 83.2 Å². The van der Waals surface area contributed by atoms with Crippen LogP contribution in [-0.4, -0.2) is 34.3 Å². The summed E-state index contributed by atoms with van der Waals surface area (Å²) in [6, 6.07) is 0. The minimum absolute atomic E-state index is 0.0808. The van der Waals surface area contributed by atoms with E-state index in [1.54, 1.807) is 0 Å². The first-order valence-corrected chi connectivity index (χ1v) is 8.15. The SMILES string of the molecule is CCCCN1C(=O)C(C)(CC)NC(=O)C12CCCCC2. The lowest BCUT2D eigenvalue weighted by molar-refractivity contribution is -0.165. The molecule has 2 rings (SSSR count). The zero-order valence-corrected chi connectivity index (χ0v) is 13.1. The van der Waals surface area contributed by atoms with Crippen LogP contribution >= 0.6 is 0 Å². The van der Waals surface area contributed by atoms with Crippen molar-refractivity contribution in [3.63, 3.8) is 0 Å². The summed E-state index contributed by atoms with van der Waals surface area (Å²) in [6.45, 7) is 6.68. The molecule has 4 heteroatoms. The molecule has 1 unspecified atom stereocenters. The average molecular weight is 280 g/mol. The molecule has 2 fully saturated rings. The number of carbonyl (C=O) groups is 2. The Hall–Kier alpha value is -1.06. The summed E-state index contributed by atoms with van der Waals surface area (Å²) in [4.78, 5) is 27.6. The maximum Gasteiger partial charge on any atom is 0.248 e. The number of amides is 2. The summed E-state index contributed by atoms with van der Waals surface area (Å²) in [7, 11) is 0. The van der Waals surface area contributed by atoms with Crippen molar-refractivity contribution in [1.29, 1.82) is 0 Å². The molecule has 1 aliphatic carbocycles. The van der Waals surface area contributed by atoms with Gasteiger partial charge in [-0.2, -0.15) is 0 Å². The molecule has 0 bridgehead atoms. The van der Waals surface area contributed by atoms with Gasteiger partial charge >= 0.3 is 0 Å². The third-order valence-electron chi connectivity index (χ3n) is 5.17. The summed E-state index contributed by atoms with van der Waals surface area (Å²) < 4.78 is 0. The predicted molar refractivity (Wildman–Crippen MR) is 79.3 cm³/mol. The highest BCUT2D eigenvalue weighted by molar-refractivity contribution is 6.02. The molecule has 1 N–H and O–H groups in total. The van der Waals surface area contributed by atoms with Crippen LogP contribution in [0.3, 0.4) is 0 Å². The first-order chi connectivity index (χ1) is 9.50. The van der Waals surface area contributed by atoms with Crippen LogP contribution in [0.2, 0.25) is 0 Å². The fraction of sp³-hybridized carbons (Fsp3) is 0.875. The molecule has 1 saturated carbocycles. The summed E-state index contributed by atoms with van der Waals surface area (Å²) >= 11 is 0. The second-order valence-corrected chi connectivity index (χ2v) is 6.54. The molecule has 1 atom stereocenters. The van der Waals surface area contributed by atoms with E-state index in [1.807, 2.05) is 18.7 Å². The number of nitrogens with zero attached hydrogens (tertiary/aromatic N) is 1. The van der Waals surface area contributed by atoms with E-state index in [1.165, 1.54) is 6.42 Å². The summed E-state index contributed by atoms with van der Waals surface area (Å²) in [5, 5.41) is 3.03. The Balaban J connectivity index is 2.34. The van der Waals surface area contributed by atoms with Crippen LogP contribution in [0.15, 0.2) is 0 Å². The van der Waals surface area contributed by atoms with Crippen LogP contribution in [0, 0.1) is 0 Å². The van der Waals surface area contributed by atoms with Crippen molar-refractivity contribution in [1.82, 2.24) is 10.2 Å². The monoisotopic (exact) mass is 280 g/mol. The normalized spacial score (nSPS) is 29.6. The Labute approximate surface area is 122 Å². The Morgan fingerprint density at radius 1 is 1.15 bits per heavy atom. The summed E-state index contributed by atoms with van der Waals surface area (Å²) in [6.07, 6.45) is 7.59. The second kappa shape index (κ2) is 5.74. The van der Waals surface area contributed by atoms with Crippen LogP contribution in [0.1, 0.15) is 72.1 Å². The van der Waals surface area contributed by atoms with Crippen molar-refractivity contribution in [2.24, 2.45) is 0 Å². The molecule has 1 aliphatic heterocycles. The van der Waals surface area contributed by atoms with E-state index < -0.39 is 11.1 Å². The van der Waals surface area contributed by atoms with Crippen molar-refractivity contribution in [3.8, 4) is 0 Å². The lowest BCUT2D eigenvalue weighted by Gasteiger charge is -2.53. The van der Waals surface area contributed by atoms with E-state index in [0.29, 0.717) is 6.42 Å². The number of piperazine rings is 1. The minimum atomic E-state index is -0.715. The smallest absolute Gasteiger partial charge is 0.248 e. The van der Waals surface area contributed by atoms with Crippen LogP contribution in [0.4, 0.5) is 0 Å². The van der Waals surface area contributed by atoms with Gasteiger partial charge in [0.05, 0.1) is 0 Å². The molecule has 0 aromatic carbocycles. The number of rotatable bonds is 4. The lowest BCUT2D eigenvalue weighted by Crippen LogP contribution is -2.75. The van der Waals surface area contributed by atoms with Crippen molar-refractivity contribution < 1.29 is 9.59 Å². The van der Waals surface area contributed by atoms with E-state index in [0.717, 1.165) is 45.1 Å². The molecule has 1 saturated heterocycles. The predicted octanol–water partition coefficient (Wildman–Crippen LogP) is 2.62. The zero-order chi connectivity index (χ0) is 14.8. The zero-order valence-electron chi connectivity index (χ0n) is 13.1. The van der Waals surface area contributed by atoms with E-state index in [-0.39, 0.29) is 11.8 Å². The first kappa shape index (κ1) is 15.3. The third kappa shape index (κ3) is 2.33. The maximum atomic E-state index is 12.9. The van der Waals surface area contributed by atoms with Crippen LogP contribution in [0.5, 0.6) is 0 Å². The Bertz CT molecular complexity index is 388. The fourth-order valence-electron chi connectivity index (χ4n) is 3.54.